The second-order valence-corrected chi connectivity index (χ2v) is 8.82. The number of aromatic amines is 1. The number of aliphatic hydroxyl groups excluding tert-OH is 3. The highest BCUT2D eigenvalue weighted by Gasteiger charge is 2.44. The van der Waals surface area contributed by atoms with Gasteiger partial charge in [0.05, 0.1) is 18.2 Å². The lowest BCUT2D eigenvalue weighted by atomic mass is 9.96. The summed E-state index contributed by atoms with van der Waals surface area (Å²) in [4.78, 5) is 35.1. The SMILES string of the molecule is CCC(C[C@H]1CC(n2ccc(=O)[nH]c2=O)[C@H](O)[C@@H]1O)OP(=O)(O)C(O)CC. The Morgan fingerprint density at radius 3 is 2.52 bits per heavy atom. The van der Waals surface area contributed by atoms with Crippen molar-refractivity contribution in [2.75, 3.05) is 0 Å². The van der Waals surface area contributed by atoms with Crippen molar-refractivity contribution in [3.8, 4) is 0 Å². The number of hydrogen-bond acceptors (Lipinski definition) is 7. The molecule has 1 aliphatic rings. The molecule has 1 aliphatic carbocycles. The van der Waals surface area contributed by atoms with Gasteiger partial charge < -0.3 is 24.7 Å². The summed E-state index contributed by atoms with van der Waals surface area (Å²) in [6.45, 7) is 3.30. The van der Waals surface area contributed by atoms with Crippen LogP contribution in [0.25, 0.3) is 0 Å². The van der Waals surface area contributed by atoms with Crippen molar-refractivity contribution in [1.29, 1.82) is 0 Å². The van der Waals surface area contributed by atoms with Crippen LogP contribution in [0.4, 0.5) is 0 Å². The molecule has 11 heteroatoms. The molecule has 1 saturated carbocycles. The van der Waals surface area contributed by atoms with Crippen molar-refractivity contribution >= 4 is 7.60 Å². The molecule has 2 rings (SSSR count). The first-order chi connectivity index (χ1) is 12.6. The first-order valence-electron chi connectivity index (χ1n) is 8.97. The monoisotopic (exact) mass is 406 g/mol. The van der Waals surface area contributed by atoms with Gasteiger partial charge in [0.15, 0.2) is 5.85 Å². The number of H-pyrrole nitrogens is 1. The number of aliphatic hydroxyl groups is 3. The lowest BCUT2D eigenvalue weighted by Gasteiger charge is -2.26. The van der Waals surface area contributed by atoms with E-state index in [-0.39, 0.29) is 19.3 Å². The molecule has 0 amide bonds. The standard InChI is InChI=1S/C16H27N2O8P/c1-3-10(26-27(24,25)13(20)4-2)7-9-8-11(15(22)14(9)21)18-6-5-12(19)17-16(18)23/h5-6,9-11,13-15,20-22H,3-4,7-8H2,1-2H3,(H,24,25)(H,17,19,23)/t9-,10?,11?,13?,14+,15-/m0/s1. The predicted molar refractivity (Wildman–Crippen MR) is 96.4 cm³/mol. The molecular weight excluding hydrogens is 379 g/mol. The molecule has 1 aromatic heterocycles. The fourth-order valence-corrected chi connectivity index (χ4v) is 4.70. The average molecular weight is 406 g/mol. The zero-order valence-electron chi connectivity index (χ0n) is 15.3. The molecule has 7 atom stereocenters. The Hall–Kier alpha value is -1.29. The van der Waals surface area contributed by atoms with Crippen molar-refractivity contribution in [3.63, 3.8) is 0 Å². The van der Waals surface area contributed by atoms with Crippen LogP contribution >= 0.6 is 7.60 Å². The molecule has 1 fully saturated rings. The second kappa shape index (κ2) is 8.81. The van der Waals surface area contributed by atoms with Gasteiger partial charge in [-0.1, -0.05) is 13.8 Å². The van der Waals surface area contributed by atoms with Gasteiger partial charge in [-0.3, -0.25) is 18.9 Å². The average Bonchev–Trinajstić information content (AvgIpc) is 2.88. The predicted octanol–water partition coefficient (Wildman–Crippen LogP) is -0.0815. The second-order valence-electron chi connectivity index (χ2n) is 6.89. The third-order valence-corrected chi connectivity index (χ3v) is 6.76. The fourth-order valence-electron chi connectivity index (χ4n) is 3.43. The summed E-state index contributed by atoms with van der Waals surface area (Å²) < 4.78 is 18.5. The summed E-state index contributed by atoms with van der Waals surface area (Å²) >= 11 is 0. The lowest BCUT2D eigenvalue weighted by Crippen LogP contribution is -2.37. The van der Waals surface area contributed by atoms with Gasteiger partial charge in [0.25, 0.3) is 5.56 Å². The van der Waals surface area contributed by atoms with Crippen LogP contribution in [0.3, 0.4) is 0 Å². The Morgan fingerprint density at radius 1 is 1.30 bits per heavy atom. The van der Waals surface area contributed by atoms with E-state index in [0.717, 1.165) is 10.6 Å². The highest BCUT2D eigenvalue weighted by atomic mass is 31.2. The van der Waals surface area contributed by atoms with Gasteiger partial charge in [0.1, 0.15) is 6.10 Å². The van der Waals surface area contributed by atoms with E-state index in [9.17, 15) is 34.4 Å². The van der Waals surface area contributed by atoms with E-state index in [1.54, 1.807) is 13.8 Å². The number of nitrogens with zero attached hydrogens (tertiary/aromatic N) is 1. The van der Waals surface area contributed by atoms with Crippen LogP contribution in [0.15, 0.2) is 21.9 Å². The topological polar surface area (TPSA) is 162 Å². The summed E-state index contributed by atoms with van der Waals surface area (Å²) in [5.74, 6) is -1.98. The van der Waals surface area contributed by atoms with Crippen LogP contribution < -0.4 is 11.2 Å². The molecule has 0 aromatic carbocycles. The Bertz CT molecular complexity index is 793. The number of hydrogen-bond donors (Lipinski definition) is 5. The zero-order chi connectivity index (χ0) is 20.4. The normalized spacial score (nSPS) is 30.0. The molecule has 1 heterocycles. The highest BCUT2D eigenvalue weighted by molar-refractivity contribution is 7.53. The largest absolute Gasteiger partial charge is 0.390 e. The first-order valence-corrected chi connectivity index (χ1v) is 10.6. The van der Waals surface area contributed by atoms with Crippen molar-refractivity contribution in [1.82, 2.24) is 9.55 Å². The fraction of sp³-hybridized carbons (Fsp3) is 0.750. The summed E-state index contributed by atoms with van der Waals surface area (Å²) in [7, 11) is -4.22. The number of rotatable bonds is 8. The molecule has 5 N–H and O–H groups in total. The third-order valence-electron chi connectivity index (χ3n) is 5.04. The highest BCUT2D eigenvalue weighted by Crippen LogP contribution is 2.50. The zero-order valence-corrected chi connectivity index (χ0v) is 16.2. The van der Waals surface area contributed by atoms with E-state index in [0.29, 0.717) is 6.42 Å². The molecule has 0 bridgehead atoms. The minimum Gasteiger partial charge on any atom is -0.390 e. The molecule has 0 radical (unpaired) electrons. The van der Waals surface area contributed by atoms with Crippen LogP contribution in [0.5, 0.6) is 0 Å². The van der Waals surface area contributed by atoms with Crippen molar-refractivity contribution in [2.45, 2.75) is 69.7 Å². The van der Waals surface area contributed by atoms with Crippen LogP contribution in [0.2, 0.25) is 0 Å². The molecule has 27 heavy (non-hydrogen) atoms. The van der Waals surface area contributed by atoms with Gasteiger partial charge in [-0.2, -0.15) is 0 Å². The Kier molecular flexibility index (Phi) is 7.18. The summed E-state index contributed by atoms with van der Waals surface area (Å²) in [6.07, 6.45) is -1.03. The van der Waals surface area contributed by atoms with E-state index in [4.69, 9.17) is 4.52 Å². The van der Waals surface area contributed by atoms with E-state index in [1.165, 1.54) is 6.20 Å². The molecular formula is C16H27N2O8P. The first kappa shape index (κ1) is 22.0. The molecule has 4 unspecified atom stereocenters. The van der Waals surface area contributed by atoms with Gasteiger partial charge in [0, 0.05) is 12.3 Å². The smallest absolute Gasteiger partial charge is 0.356 e. The molecule has 0 saturated heterocycles. The maximum Gasteiger partial charge on any atom is 0.356 e. The van der Waals surface area contributed by atoms with E-state index in [1.807, 2.05) is 0 Å². The van der Waals surface area contributed by atoms with Gasteiger partial charge in [-0.05, 0) is 31.6 Å². The number of nitrogens with one attached hydrogen (secondary N) is 1. The van der Waals surface area contributed by atoms with Crippen molar-refractivity contribution in [3.05, 3.63) is 33.1 Å². The van der Waals surface area contributed by atoms with Crippen LogP contribution in [0, 0.1) is 5.92 Å². The minimum absolute atomic E-state index is 0.0617. The van der Waals surface area contributed by atoms with Gasteiger partial charge in [-0.15, -0.1) is 0 Å². The van der Waals surface area contributed by atoms with E-state index >= 15 is 0 Å². The maximum atomic E-state index is 12.1. The van der Waals surface area contributed by atoms with Gasteiger partial charge in [0.2, 0.25) is 0 Å². The van der Waals surface area contributed by atoms with Crippen molar-refractivity contribution in [2.24, 2.45) is 5.92 Å². The van der Waals surface area contributed by atoms with E-state index < -0.39 is 55.0 Å². The van der Waals surface area contributed by atoms with Crippen LogP contribution in [0.1, 0.15) is 45.6 Å². The van der Waals surface area contributed by atoms with Gasteiger partial charge in [-0.25, -0.2) is 4.79 Å². The molecule has 154 valence electrons. The molecule has 0 aliphatic heterocycles. The summed E-state index contributed by atoms with van der Waals surface area (Å²) in [5.41, 5.74) is -1.25. The number of aromatic nitrogens is 2. The Balaban J connectivity index is 2.13. The van der Waals surface area contributed by atoms with Crippen LogP contribution in [-0.4, -0.2) is 53.9 Å². The Labute approximate surface area is 156 Å². The Morgan fingerprint density at radius 2 is 1.96 bits per heavy atom. The molecule has 10 nitrogen and oxygen atoms in total. The minimum atomic E-state index is -4.22. The van der Waals surface area contributed by atoms with E-state index in [2.05, 4.69) is 4.98 Å². The lowest BCUT2D eigenvalue weighted by molar-refractivity contribution is -0.00385. The molecule has 1 aromatic rings. The quantitative estimate of drug-likeness (QED) is 0.374. The third kappa shape index (κ3) is 4.96. The summed E-state index contributed by atoms with van der Waals surface area (Å²) in [5, 5.41) is 30.3. The maximum absolute atomic E-state index is 12.1. The molecule has 0 spiro atoms. The van der Waals surface area contributed by atoms with Gasteiger partial charge >= 0.3 is 13.3 Å². The van der Waals surface area contributed by atoms with Crippen molar-refractivity contribution < 1.29 is 29.3 Å². The van der Waals surface area contributed by atoms with Crippen LogP contribution in [-0.2, 0) is 9.09 Å². The summed E-state index contributed by atoms with van der Waals surface area (Å²) in [6, 6.07) is 0.411.